The maximum Gasteiger partial charge on any atom is 0.303 e. The fourth-order valence-corrected chi connectivity index (χ4v) is 3.13. The average Bonchev–Trinajstić information content (AvgIpc) is 2.20. The smallest absolute Gasteiger partial charge is 0.303 e. The molecule has 19 heavy (non-hydrogen) atoms. The zero-order chi connectivity index (χ0) is 14.5. The molecule has 0 aliphatic heterocycles. The number of aliphatic carboxylic acids is 1. The Kier molecular flexibility index (Phi) is 5.76. The van der Waals surface area contributed by atoms with Crippen molar-refractivity contribution in [1.82, 2.24) is 4.72 Å². The molecule has 0 unspecified atom stereocenters. The topological polar surface area (TPSA) is 92.7 Å². The van der Waals surface area contributed by atoms with Gasteiger partial charge in [-0.3, -0.25) is 4.79 Å². The van der Waals surface area contributed by atoms with E-state index in [4.69, 9.17) is 9.84 Å². The first-order valence-corrected chi connectivity index (χ1v) is 8.21. The van der Waals surface area contributed by atoms with Crippen molar-refractivity contribution in [2.24, 2.45) is 5.41 Å². The largest absolute Gasteiger partial charge is 0.481 e. The molecule has 0 radical (unpaired) electrons. The summed E-state index contributed by atoms with van der Waals surface area (Å²) in [5.41, 5.74) is -0.391. The molecule has 1 saturated carbocycles. The fraction of sp³-hybridized carbons (Fsp3) is 0.917. The van der Waals surface area contributed by atoms with E-state index in [0.29, 0.717) is 0 Å². The first-order valence-electron chi connectivity index (χ1n) is 6.55. The monoisotopic (exact) mass is 293 g/mol. The van der Waals surface area contributed by atoms with Gasteiger partial charge in [-0.15, -0.1) is 0 Å². The van der Waals surface area contributed by atoms with Gasteiger partial charge in [0.25, 0.3) is 0 Å². The molecule has 0 aromatic rings. The van der Waals surface area contributed by atoms with Crippen molar-refractivity contribution in [3.63, 3.8) is 0 Å². The van der Waals surface area contributed by atoms with E-state index in [0.717, 1.165) is 19.3 Å². The van der Waals surface area contributed by atoms with Gasteiger partial charge in [-0.05, 0) is 32.1 Å². The Morgan fingerprint density at radius 1 is 1.42 bits per heavy atom. The van der Waals surface area contributed by atoms with Crippen LogP contribution < -0.4 is 4.72 Å². The lowest BCUT2D eigenvalue weighted by atomic mass is 9.67. The molecule has 0 bridgehead atoms. The van der Waals surface area contributed by atoms with Gasteiger partial charge in [-0.25, -0.2) is 13.1 Å². The van der Waals surface area contributed by atoms with Crippen LogP contribution in [0.2, 0.25) is 0 Å². The third kappa shape index (κ3) is 5.88. The van der Waals surface area contributed by atoms with Crippen LogP contribution in [0.25, 0.3) is 0 Å². The Bertz CT molecular complexity index is 400. The number of hydrogen-bond acceptors (Lipinski definition) is 4. The molecule has 0 atom stereocenters. The molecule has 112 valence electrons. The third-order valence-corrected chi connectivity index (χ3v) is 4.70. The molecule has 0 heterocycles. The number of carboxylic acids is 1. The van der Waals surface area contributed by atoms with E-state index < -0.39 is 21.4 Å². The van der Waals surface area contributed by atoms with E-state index in [1.54, 1.807) is 0 Å². The molecule has 0 spiro atoms. The predicted molar refractivity (Wildman–Crippen MR) is 71.4 cm³/mol. The van der Waals surface area contributed by atoms with Crippen LogP contribution in [0.1, 0.15) is 39.5 Å². The summed E-state index contributed by atoms with van der Waals surface area (Å²) in [5, 5.41) is 8.85. The average molecular weight is 293 g/mol. The Balaban J connectivity index is 2.39. The molecule has 7 heteroatoms. The van der Waals surface area contributed by atoms with Gasteiger partial charge >= 0.3 is 5.97 Å². The minimum Gasteiger partial charge on any atom is -0.481 e. The summed E-state index contributed by atoms with van der Waals surface area (Å²) in [4.78, 5) is 10.8. The van der Waals surface area contributed by atoms with Crippen molar-refractivity contribution in [1.29, 1.82) is 0 Å². The van der Waals surface area contributed by atoms with Crippen LogP contribution in [-0.4, -0.2) is 44.5 Å². The van der Waals surface area contributed by atoms with Crippen molar-refractivity contribution in [3.05, 3.63) is 0 Å². The maximum absolute atomic E-state index is 11.7. The molecular formula is C12H23NO5S. The van der Waals surface area contributed by atoms with Crippen molar-refractivity contribution in [2.75, 3.05) is 18.9 Å². The highest BCUT2D eigenvalue weighted by atomic mass is 32.2. The first kappa shape index (κ1) is 16.4. The molecule has 0 saturated heterocycles. The van der Waals surface area contributed by atoms with Crippen molar-refractivity contribution >= 4 is 16.0 Å². The second kappa shape index (κ2) is 6.67. The molecule has 0 aromatic heterocycles. The van der Waals surface area contributed by atoms with E-state index in [-0.39, 0.29) is 31.4 Å². The van der Waals surface area contributed by atoms with Crippen molar-refractivity contribution in [2.45, 2.75) is 45.6 Å². The predicted octanol–water partition coefficient (Wildman–Crippen LogP) is 0.976. The summed E-state index contributed by atoms with van der Waals surface area (Å²) < 4.78 is 31.2. The molecule has 2 N–H and O–H groups in total. The molecule has 1 rings (SSSR count). The molecule has 1 aliphatic carbocycles. The summed E-state index contributed by atoms with van der Waals surface area (Å²) in [6.45, 7) is 4.05. The zero-order valence-corrected chi connectivity index (χ0v) is 12.3. The van der Waals surface area contributed by atoms with E-state index in [2.05, 4.69) is 4.72 Å². The Morgan fingerprint density at radius 3 is 2.47 bits per heavy atom. The second-order valence-corrected chi connectivity index (χ2v) is 7.41. The maximum atomic E-state index is 11.7. The van der Waals surface area contributed by atoms with Crippen LogP contribution in [-0.2, 0) is 19.6 Å². The normalized spacial score (nSPS) is 18.3. The number of rotatable bonds is 9. The number of carbonyl (C=O) groups is 1. The first-order chi connectivity index (χ1) is 8.75. The summed E-state index contributed by atoms with van der Waals surface area (Å²) >= 11 is 0. The lowest BCUT2D eigenvalue weighted by Crippen LogP contribution is -2.44. The Labute approximate surface area is 114 Å². The van der Waals surface area contributed by atoms with Crippen LogP contribution in [0.3, 0.4) is 0 Å². The summed E-state index contributed by atoms with van der Waals surface area (Å²) in [5.74, 6) is -0.962. The van der Waals surface area contributed by atoms with Gasteiger partial charge in [0.05, 0.1) is 24.9 Å². The van der Waals surface area contributed by atoms with E-state index >= 15 is 0 Å². The molecule has 0 amide bonds. The highest BCUT2D eigenvalue weighted by molar-refractivity contribution is 7.89. The molecule has 0 aromatic carbocycles. The SMILES string of the molecule is CC(C)OCCS(=O)(=O)NCC1(CC(=O)O)CCC1. The van der Waals surface area contributed by atoms with Gasteiger partial charge in [0.1, 0.15) is 0 Å². The van der Waals surface area contributed by atoms with Crippen molar-refractivity contribution in [3.8, 4) is 0 Å². The molecule has 6 nitrogen and oxygen atoms in total. The quantitative estimate of drug-likeness (QED) is 0.661. The molecular weight excluding hydrogens is 270 g/mol. The van der Waals surface area contributed by atoms with E-state index in [9.17, 15) is 13.2 Å². The van der Waals surface area contributed by atoms with Crippen LogP contribution >= 0.6 is 0 Å². The summed E-state index contributed by atoms with van der Waals surface area (Å²) in [6.07, 6.45) is 2.53. The highest BCUT2D eigenvalue weighted by Gasteiger charge is 2.39. The lowest BCUT2D eigenvalue weighted by molar-refractivity contribution is -0.141. The van der Waals surface area contributed by atoms with Gasteiger partial charge in [0.2, 0.25) is 10.0 Å². The number of nitrogens with one attached hydrogen (secondary N) is 1. The van der Waals surface area contributed by atoms with Crippen LogP contribution in [0, 0.1) is 5.41 Å². The fourth-order valence-electron chi connectivity index (χ4n) is 2.14. The van der Waals surface area contributed by atoms with Crippen LogP contribution in [0.4, 0.5) is 0 Å². The lowest BCUT2D eigenvalue weighted by Gasteiger charge is -2.40. The number of hydrogen-bond donors (Lipinski definition) is 2. The number of carboxylic acid groups (broad SMARTS) is 1. The van der Waals surface area contributed by atoms with Crippen LogP contribution in [0.15, 0.2) is 0 Å². The molecule has 1 fully saturated rings. The Hall–Kier alpha value is -0.660. The van der Waals surface area contributed by atoms with Gasteiger partial charge in [-0.2, -0.15) is 0 Å². The Morgan fingerprint density at radius 2 is 2.05 bits per heavy atom. The van der Waals surface area contributed by atoms with Gasteiger partial charge < -0.3 is 9.84 Å². The summed E-state index contributed by atoms with van der Waals surface area (Å²) in [7, 11) is -3.39. The van der Waals surface area contributed by atoms with E-state index in [1.165, 1.54) is 0 Å². The highest BCUT2D eigenvalue weighted by Crippen LogP contribution is 2.43. The van der Waals surface area contributed by atoms with Gasteiger partial charge in [0.15, 0.2) is 0 Å². The minimum atomic E-state index is -3.39. The minimum absolute atomic E-state index is 0.000171. The third-order valence-electron chi connectivity index (χ3n) is 3.41. The second-order valence-electron chi connectivity index (χ2n) is 5.48. The van der Waals surface area contributed by atoms with Crippen molar-refractivity contribution < 1.29 is 23.1 Å². The number of sulfonamides is 1. The summed E-state index contributed by atoms with van der Waals surface area (Å²) in [6, 6.07) is 0. The molecule has 1 aliphatic rings. The van der Waals surface area contributed by atoms with Gasteiger partial charge in [0, 0.05) is 6.54 Å². The number of ether oxygens (including phenoxy) is 1. The standard InChI is InChI=1S/C12H23NO5S/c1-10(2)18-6-7-19(16,17)13-9-12(4-3-5-12)8-11(14)15/h10,13H,3-9H2,1-2H3,(H,14,15). The van der Waals surface area contributed by atoms with Crippen LogP contribution in [0.5, 0.6) is 0 Å². The zero-order valence-electron chi connectivity index (χ0n) is 11.5. The van der Waals surface area contributed by atoms with E-state index in [1.807, 2.05) is 13.8 Å². The van der Waals surface area contributed by atoms with Gasteiger partial charge in [-0.1, -0.05) is 6.42 Å².